The Morgan fingerprint density at radius 3 is 2.44 bits per heavy atom. The maximum Gasteiger partial charge on any atom is 0.226 e. The molecule has 8 nitrogen and oxygen atoms in total. The Hall–Kier alpha value is -2.43. The molecule has 2 heterocycles. The summed E-state index contributed by atoms with van der Waals surface area (Å²) in [5.74, 6) is -0.588. The summed E-state index contributed by atoms with van der Waals surface area (Å²) in [6.07, 6.45) is 0.954. The van der Waals surface area contributed by atoms with Gasteiger partial charge in [-0.15, -0.1) is 0 Å². The number of hydrogen-bond donors (Lipinski definition) is 1. The predicted octanol–water partition coefficient (Wildman–Crippen LogP) is 2.85. The highest BCUT2D eigenvalue weighted by Crippen LogP contribution is 2.36. The van der Waals surface area contributed by atoms with Gasteiger partial charge in [-0.2, -0.15) is 0 Å². The van der Waals surface area contributed by atoms with Gasteiger partial charge in [0.05, 0.1) is 10.6 Å². The molecule has 1 N–H and O–H groups in total. The van der Waals surface area contributed by atoms with E-state index in [0.29, 0.717) is 36.1 Å². The van der Waals surface area contributed by atoms with Crippen LogP contribution in [0, 0.1) is 0 Å². The van der Waals surface area contributed by atoms with Crippen LogP contribution in [0.25, 0.3) is 0 Å². The standard InChI is InChI=1S/C26H33BrN4O4S/c1-2-26(33)31-11-8-20-18-22(27)24(19-23(20)31)36(34,35)17-9-25(32)28-10-12-29-13-15-30(16-14-29)21-6-4-3-5-7-21/h3-7,18-19H,2,8-17H2,1H3,(H,28,32). The average Bonchev–Trinajstić information content (AvgIpc) is 3.30. The summed E-state index contributed by atoms with van der Waals surface area (Å²) >= 11 is 3.38. The summed E-state index contributed by atoms with van der Waals surface area (Å²) in [4.78, 5) is 31.1. The van der Waals surface area contributed by atoms with Crippen LogP contribution >= 0.6 is 15.9 Å². The van der Waals surface area contributed by atoms with E-state index < -0.39 is 9.84 Å². The van der Waals surface area contributed by atoms with Crippen molar-refractivity contribution in [3.8, 4) is 0 Å². The van der Waals surface area contributed by atoms with Gasteiger partial charge < -0.3 is 15.1 Å². The van der Waals surface area contributed by atoms with Crippen molar-refractivity contribution < 1.29 is 18.0 Å². The lowest BCUT2D eigenvalue weighted by Crippen LogP contribution is -2.48. The van der Waals surface area contributed by atoms with Crippen molar-refractivity contribution in [2.24, 2.45) is 0 Å². The zero-order valence-electron chi connectivity index (χ0n) is 20.6. The number of hydrogen-bond acceptors (Lipinski definition) is 6. The molecule has 0 aliphatic carbocycles. The lowest BCUT2D eigenvalue weighted by atomic mass is 10.2. The van der Waals surface area contributed by atoms with Crippen molar-refractivity contribution >= 4 is 49.0 Å². The van der Waals surface area contributed by atoms with Gasteiger partial charge in [0.2, 0.25) is 11.8 Å². The first kappa shape index (κ1) is 26.6. The van der Waals surface area contributed by atoms with Gasteiger partial charge in [0.1, 0.15) is 0 Å². The summed E-state index contributed by atoms with van der Waals surface area (Å²) in [6, 6.07) is 13.7. The molecule has 36 heavy (non-hydrogen) atoms. The fourth-order valence-corrected chi connectivity index (χ4v) is 7.18. The molecule has 1 saturated heterocycles. The molecule has 2 amide bonds. The normalized spacial score (nSPS) is 16.2. The third kappa shape index (κ3) is 6.27. The van der Waals surface area contributed by atoms with E-state index in [1.807, 2.05) is 18.2 Å². The Balaban J connectivity index is 1.24. The molecule has 0 atom stereocenters. The first-order valence-corrected chi connectivity index (χ1v) is 14.9. The predicted molar refractivity (Wildman–Crippen MR) is 145 cm³/mol. The number of amides is 2. The number of halogens is 1. The molecule has 0 saturated carbocycles. The Bertz CT molecular complexity index is 1200. The van der Waals surface area contributed by atoms with Crippen LogP contribution in [0.2, 0.25) is 0 Å². The first-order chi connectivity index (χ1) is 17.3. The maximum atomic E-state index is 13.0. The Morgan fingerprint density at radius 2 is 1.75 bits per heavy atom. The number of sulfone groups is 1. The topological polar surface area (TPSA) is 90.0 Å². The number of fused-ring (bicyclic) bond motifs is 1. The zero-order valence-corrected chi connectivity index (χ0v) is 23.0. The van der Waals surface area contributed by atoms with Crippen LogP contribution in [-0.2, 0) is 25.8 Å². The van der Waals surface area contributed by atoms with E-state index in [2.05, 4.69) is 43.2 Å². The minimum Gasteiger partial charge on any atom is -0.369 e. The van der Waals surface area contributed by atoms with E-state index in [0.717, 1.165) is 38.3 Å². The van der Waals surface area contributed by atoms with Gasteiger partial charge in [0.15, 0.2) is 9.84 Å². The summed E-state index contributed by atoms with van der Waals surface area (Å²) in [6.45, 7) is 7.29. The van der Waals surface area contributed by atoms with E-state index in [-0.39, 0.29) is 28.9 Å². The molecule has 10 heteroatoms. The summed E-state index contributed by atoms with van der Waals surface area (Å²) in [7, 11) is -3.70. The van der Waals surface area contributed by atoms with E-state index >= 15 is 0 Å². The fraction of sp³-hybridized carbons (Fsp3) is 0.462. The van der Waals surface area contributed by atoms with Crippen molar-refractivity contribution in [2.45, 2.75) is 31.1 Å². The molecule has 0 spiro atoms. The number of anilines is 2. The lowest BCUT2D eigenvalue weighted by Gasteiger charge is -2.36. The Kier molecular flexibility index (Phi) is 8.69. The quantitative estimate of drug-likeness (QED) is 0.493. The van der Waals surface area contributed by atoms with Crippen LogP contribution in [0.5, 0.6) is 0 Å². The minimum absolute atomic E-state index is 0.0275. The van der Waals surface area contributed by atoms with Gasteiger partial charge in [0, 0.05) is 74.5 Å². The Morgan fingerprint density at radius 1 is 1.03 bits per heavy atom. The molecule has 0 radical (unpaired) electrons. The van der Waals surface area contributed by atoms with Crippen LogP contribution in [0.3, 0.4) is 0 Å². The van der Waals surface area contributed by atoms with Crippen LogP contribution in [-0.4, -0.2) is 76.7 Å². The molecule has 194 valence electrons. The highest BCUT2D eigenvalue weighted by molar-refractivity contribution is 9.10. The number of nitrogens with one attached hydrogen (secondary N) is 1. The van der Waals surface area contributed by atoms with Crippen molar-refractivity contribution in [2.75, 3.05) is 61.4 Å². The summed E-state index contributed by atoms with van der Waals surface area (Å²) < 4.78 is 26.6. The van der Waals surface area contributed by atoms with E-state index in [1.165, 1.54) is 5.69 Å². The van der Waals surface area contributed by atoms with Crippen LogP contribution in [0.4, 0.5) is 11.4 Å². The molecule has 0 bridgehead atoms. The molecule has 2 aliphatic rings. The van der Waals surface area contributed by atoms with Crippen molar-refractivity contribution in [3.05, 3.63) is 52.5 Å². The van der Waals surface area contributed by atoms with Gasteiger partial charge >= 0.3 is 0 Å². The first-order valence-electron chi connectivity index (χ1n) is 12.4. The molecule has 1 fully saturated rings. The zero-order chi connectivity index (χ0) is 25.7. The van der Waals surface area contributed by atoms with Crippen molar-refractivity contribution in [1.82, 2.24) is 10.2 Å². The SMILES string of the molecule is CCC(=O)N1CCc2cc(Br)c(S(=O)(=O)CCC(=O)NCCN3CCN(c4ccccc4)CC3)cc21. The summed E-state index contributed by atoms with van der Waals surface area (Å²) in [5, 5.41) is 2.86. The van der Waals surface area contributed by atoms with Gasteiger partial charge in [0.25, 0.3) is 0 Å². The third-order valence-electron chi connectivity index (χ3n) is 6.81. The number of nitrogens with zero attached hydrogens (tertiary/aromatic N) is 3. The smallest absolute Gasteiger partial charge is 0.226 e. The molecular formula is C26H33BrN4O4S. The van der Waals surface area contributed by atoms with E-state index in [4.69, 9.17) is 0 Å². The number of benzene rings is 2. The fourth-order valence-electron chi connectivity index (χ4n) is 4.72. The number of rotatable bonds is 9. The van der Waals surface area contributed by atoms with Crippen molar-refractivity contribution in [3.63, 3.8) is 0 Å². The Labute approximate surface area is 221 Å². The van der Waals surface area contributed by atoms with E-state index in [1.54, 1.807) is 24.0 Å². The van der Waals surface area contributed by atoms with Crippen LogP contribution < -0.4 is 15.1 Å². The third-order valence-corrected chi connectivity index (χ3v) is 9.48. The number of para-hydroxylation sites is 1. The maximum absolute atomic E-state index is 13.0. The largest absolute Gasteiger partial charge is 0.369 e. The molecule has 2 aromatic carbocycles. The second-order valence-corrected chi connectivity index (χ2v) is 12.1. The lowest BCUT2D eigenvalue weighted by molar-refractivity contribution is -0.121. The van der Waals surface area contributed by atoms with Crippen LogP contribution in [0.15, 0.2) is 51.8 Å². The number of piperazine rings is 1. The average molecular weight is 578 g/mol. The van der Waals surface area contributed by atoms with Gasteiger partial charge in [-0.1, -0.05) is 25.1 Å². The molecule has 2 aromatic rings. The molecule has 0 aromatic heterocycles. The molecule has 4 rings (SSSR count). The number of carbonyl (C=O) groups excluding carboxylic acids is 2. The summed E-state index contributed by atoms with van der Waals surface area (Å²) in [5.41, 5.74) is 2.83. The second kappa shape index (κ2) is 11.7. The van der Waals surface area contributed by atoms with Gasteiger partial charge in [-0.05, 0) is 52.2 Å². The van der Waals surface area contributed by atoms with E-state index in [9.17, 15) is 18.0 Å². The van der Waals surface area contributed by atoms with Gasteiger partial charge in [-0.3, -0.25) is 14.5 Å². The molecule has 2 aliphatic heterocycles. The molecular weight excluding hydrogens is 544 g/mol. The molecule has 0 unspecified atom stereocenters. The highest BCUT2D eigenvalue weighted by Gasteiger charge is 2.28. The monoisotopic (exact) mass is 576 g/mol. The minimum atomic E-state index is -3.70. The van der Waals surface area contributed by atoms with Gasteiger partial charge in [-0.25, -0.2) is 8.42 Å². The van der Waals surface area contributed by atoms with Crippen molar-refractivity contribution in [1.29, 1.82) is 0 Å². The highest BCUT2D eigenvalue weighted by atomic mass is 79.9. The second-order valence-electron chi connectivity index (χ2n) is 9.14. The van der Waals surface area contributed by atoms with Crippen LogP contribution in [0.1, 0.15) is 25.3 Å². The number of carbonyl (C=O) groups is 2.